The Hall–Kier alpha value is -1.56. The Bertz CT molecular complexity index is 447. The molecule has 0 unspecified atom stereocenters. The van der Waals surface area contributed by atoms with E-state index in [2.05, 4.69) is 5.32 Å². The van der Waals surface area contributed by atoms with Gasteiger partial charge in [0.15, 0.2) is 0 Å². The fourth-order valence-corrected chi connectivity index (χ4v) is 1.72. The summed E-state index contributed by atoms with van der Waals surface area (Å²) in [5, 5.41) is 13.6. The van der Waals surface area contributed by atoms with Crippen LogP contribution in [0.4, 0.5) is 14.5 Å². The minimum Gasteiger partial charge on any atom is -0.310 e. The first-order valence-corrected chi connectivity index (χ1v) is 5.43. The third-order valence-corrected chi connectivity index (χ3v) is 3.00. The van der Waals surface area contributed by atoms with E-state index in [0.717, 1.165) is 25.3 Å². The second-order valence-corrected chi connectivity index (χ2v) is 4.16. The fourth-order valence-electron chi connectivity index (χ4n) is 1.72. The molecule has 6 heteroatoms. The maximum absolute atomic E-state index is 13.4. The van der Waals surface area contributed by atoms with Gasteiger partial charge >= 0.3 is 5.69 Å². The minimum absolute atomic E-state index is 0.130. The number of hydrogen-bond acceptors (Lipinski definition) is 3. The average Bonchev–Trinajstić information content (AvgIpc) is 2.18. The van der Waals surface area contributed by atoms with Gasteiger partial charge in [0, 0.05) is 30.3 Å². The van der Waals surface area contributed by atoms with E-state index in [4.69, 9.17) is 0 Å². The van der Waals surface area contributed by atoms with Gasteiger partial charge in [-0.1, -0.05) is 6.42 Å². The zero-order chi connectivity index (χ0) is 12.4. The predicted octanol–water partition coefficient (Wildman–Crippen LogP) is 2.52. The number of nitrogens with one attached hydrogen (secondary N) is 1. The van der Waals surface area contributed by atoms with Crippen molar-refractivity contribution in [2.24, 2.45) is 0 Å². The topological polar surface area (TPSA) is 55.2 Å². The second-order valence-electron chi connectivity index (χ2n) is 4.16. The highest BCUT2D eigenvalue weighted by molar-refractivity contribution is 5.37. The van der Waals surface area contributed by atoms with Crippen LogP contribution in [0, 0.1) is 21.7 Å². The van der Waals surface area contributed by atoms with Crippen LogP contribution >= 0.6 is 0 Å². The van der Waals surface area contributed by atoms with Crippen molar-refractivity contribution in [3.63, 3.8) is 0 Å². The number of rotatable bonds is 4. The number of hydrogen-bond donors (Lipinski definition) is 1. The van der Waals surface area contributed by atoms with Crippen LogP contribution in [0.2, 0.25) is 0 Å². The van der Waals surface area contributed by atoms with Crippen LogP contribution < -0.4 is 5.32 Å². The van der Waals surface area contributed by atoms with Crippen molar-refractivity contribution in [2.45, 2.75) is 31.8 Å². The Balaban J connectivity index is 2.14. The third kappa shape index (κ3) is 2.58. The second kappa shape index (κ2) is 4.75. The summed E-state index contributed by atoms with van der Waals surface area (Å²) in [7, 11) is 0. The molecular weight excluding hydrogens is 230 g/mol. The summed E-state index contributed by atoms with van der Waals surface area (Å²) in [4.78, 5) is 9.67. The van der Waals surface area contributed by atoms with Crippen LogP contribution in [0.15, 0.2) is 12.1 Å². The molecule has 0 heterocycles. The molecule has 17 heavy (non-hydrogen) atoms. The molecule has 0 spiro atoms. The lowest BCUT2D eigenvalue weighted by Crippen LogP contribution is -2.34. The van der Waals surface area contributed by atoms with Crippen molar-refractivity contribution >= 4 is 5.69 Å². The molecule has 1 aromatic rings. The summed E-state index contributed by atoms with van der Waals surface area (Å²) in [6.07, 6.45) is 3.21. The van der Waals surface area contributed by atoms with E-state index in [1.54, 1.807) is 0 Å². The average molecular weight is 242 g/mol. The van der Waals surface area contributed by atoms with E-state index in [1.807, 2.05) is 0 Å². The molecule has 0 aliphatic heterocycles. The molecule has 0 saturated heterocycles. The summed E-state index contributed by atoms with van der Waals surface area (Å²) < 4.78 is 26.4. The van der Waals surface area contributed by atoms with Crippen LogP contribution in [0.5, 0.6) is 0 Å². The minimum atomic E-state index is -1.14. The molecule has 1 aliphatic rings. The first kappa shape index (κ1) is 11.9. The van der Waals surface area contributed by atoms with Gasteiger partial charge in [-0.05, 0) is 12.8 Å². The first-order valence-electron chi connectivity index (χ1n) is 5.43. The Morgan fingerprint density at radius 3 is 2.59 bits per heavy atom. The molecule has 0 amide bonds. The van der Waals surface area contributed by atoms with Gasteiger partial charge in [0.2, 0.25) is 5.82 Å². The molecule has 4 nitrogen and oxygen atoms in total. The van der Waals surface area contributed by atoms with Gasteiger partial charge in [0.25, 0.3) is 0 Å². The molecule has 1 saturated carbocycles. The molecule has 1 aromatic carbocycles. The summed E-state index contributed by atoms with van der Waals surface area (Å²) in [5.41, 5.74) is -0.554. The lowest BCUT2D eigenvalue weighted by Gasteiger charge is -2.26. The van der Waals surface area contributed by atoms with Gasteiger partial charge in [0.1, 0.15) is 5.82 Å². The van der Waals surface area contributed by atoms with Crippen molar-refractivity contribution in [1.82, 2.24) is 5.32 Å². The smallest absolute Gasteiger partial charge is 0.305 e. The summed E-state index contributed by atoms with van der Waals surface area (Å²) in [5.74, 6) is -1.89. The predicted molar refractivity (Wildman–Crippen MR) is 57.5 cm³/mol. The van der Waals surface area contributed by atoms with Crippen LogP contribution in [-0.4, -0.2) is 11.0 Å². The van der Waals surface area contributed by atoms with E-state index in [9.17, 15) is 18.9 Å². The van der Waals surface area contributed by atoms with E-state index < -0.39 is 22.2 Å². The maximum Gasteiger partial charge on any atom is 0.305 e. The molecule has 0 atom stereocenters. The maximum atomic E-state index is 13.4. The lowest BCUT2D eigenvalue weighted by molar-refractivity contribution is -0.387. The SMILES string of the molecule is O=[N+]([O-])c1cc(CNC2CCC2)c(F)cc1F. The number of nitro groups is 1. The monoisotopic (exact) mass is 242 g/mol. The first-order chi connectivity index (χ1) is 8.08. The van der Waals surface area contributed by atoms with E-state index >= 15 is 0 Å². The highest BCUT2D eigenvalue weighted by atomic mass is 19.1. The largest absolute Gasteiger partial charge is 0.310 e. The molecule has 1 N–H and O–H groups in total. The van der Waals surface area contributed by atoms with E-state index in [1.165, 1.54) is 0 Å². The summed E-state index contributed by atoms with van der Waals surface area (Å²) in [6, 6.07) is 1.87. The normalized spacial score (nSPS) is 15.6. The Morgan fingerprint density at radius 1 is 1.35 bits per heavy atom. The fraction of sp³-hybridized carbons (Fsp3) is 0.455. The van der Waals surface area contributed by atoms with Crippen molar-refractivity contribution in [3.05, 3.63) is 39.4 Å². The molecule has 1 aliphatic carbocycles. The van der Waals surface area contributed by atoms with Gasteiger partial charge in [-0.3, -0.25) is 10.1 Å². The van der Waals surface area contributed by atoms with E-state index in [-0.39, 0.29) is 12.1 Å². The molecular formula is C11H12F2N2O2. The Morgan fingerprint density at radius 2 is 2.06 bits per heavy atom. The van der Waals surface area contributed by atoms with Crippen LogP contribution in [0.1, 0.15) is 24.8 Å². The van der Waals surface area contributed by atoms with Gasteiger partial charge in [0.05, 0.1) is 4.92 Å². The number of benzene rings is 1. The van der Waals surface area contributed by atoms with Crippen molar-refractivity contribution in [2.75, 3.05) is 0 Å². The summed E-state index contributed by atoms with van der Waals surface area (Å²) in [6.45, 7) is 0.192. The lowest BCUT2D eigenvalue weighted by atomic mass is 9.93. The number of halogens is 2. The quantitative estimate of drug-likeness (QED) is 0.652. The molecule has 1 fully saturated rings. The van der Waals surface area contributed by atoms with Crippen molar-refractivity contribution in [1.29, 1.82) is 0 Å². The van der Waals surface area contributed by atoms with Crippen LogP contribution in [0.3, 0.4) is 0 Å². The Labute approximate surface area is 96.8 Å². The van der Waals surface area contributed by atoms with Gasteiger partial charge < -0.3 is 5.32 Å². The standard InChI is InChI=1S/C11H12F2N2O2/c12-9-5-10(13)11(15(16)17)4-7(9)6-14-8-2-1-3-8/h4-5,8,14H,1-3,6H2. The van der Waals surface area contributed by atoms with Gasteiger partial charge in [-0.25, -0.2) is 4.39 Å². The molecule has 0 bridgehead atoms. The molecule has 92 valence electrons. The zero-order valence-electron chi connectivity index (χ0n) is 9.08. The van der Waals surface area contributed by atoms with Crippen LogP contribution in [0.25, 0.3) is 0 Å². The Kier molecular flexibility index (Phi) is 3.33. The molecule has 2 rings (SSSR count). The van der Waals surface area contributed by atoms with E-state index in [0.29, 0.717) is 12.1 Å². The van der Waals surface area contributed by atoms with Crippen molar-refractivity contribution < 1.29 is 13.7 Å². The molecule has 0 radical (unpaired) electrons. The molecule has 0 aromatic heterocycles. The van der Waals surface area contributed by atoms with Gasteiger partial charge in [-0.15, -0.1) is 0 Å². The van der Waals surface area contributed by atoms with Crippen LogP contribution in [-0.2, 0) is 6.54 Å². The number of nitro benzene ring substituents is 1. The van der Waals surface area contributed by atoms with Gasteiger partial charge in [-0.2, -0.15) is 4.39 Å². The van der Waals surface area contributed by atoms with Crippen molar-refractivity contribution in [3.8, 4) is 0 Å². The number of nitrogens with zero attached hydrogens (tertiary/aromatic N) is 1. The third-order valence-electron chi connectivity index (χ3n) is 3.00. The summed E-state index contributed by atoms with van der Waals surface area (Å²) >= 11 is 0. The highest BCUT2D eigenvalue weighted by Crippen LogP contribution is 2.23. The highest BCUT2D eigenvalue weighted by Gasteiger charge is 2.20. The zero-order valence-corrected chi connectivity index (χ0v) is 9.08.